The molecule has 0 aliphatic carbocycles. The van der Waals surface area contributed by atoms with Crippen LogP contribution >= 0.6 is 18.9 Å². The van der Waals surface area contributed by atoms with Gasteiger partial charge in [-0.1, -0.05) is 74.4 Å². The number of benzene rings is 3. The molecule has 8 atom stereocenters. The molecule has 3 aliphatic rings. The molecule has 3 aromatic carbocycles. The summed E-state index contributed by atoms with van der Waals surface area (Å²) in [5.74, 6) is -4.29. The van der Waals surface area contributed by atoms with Gasteiger partial charge in [0.2, 0.25) is 17.7 Å². The number of amides is 3. The summed E-state index contributed by atoms with van der Waals surface area (Å²) in [6, 6.07) is 24.8. The number of esters is 1. The number of hydrogen-bond acceptors (Lipinski definition) is 9. The number of nitrogens with one attached hydrogen (secondary N) is 2. The lowest BCUT2D eigenvalue weighted by Gasteiger charge is -2.36. The third-order valence-electron chi connectivity index (χ3n) is 11.8. The van der Waals surface area contributed by atoms with Crippen molar-refractivity contribution >= 4 is 52.6 Å². The minimum absolute atomic E-state index is 0.0326. The average molecular weight is 856 g/mol. The number of hydrogen-bond donors (Lipinski definition) is 2. The zero-order valence-electron chi connectivity index (χ0n) is 33.8. The Morgan fingerprint density at radius 2 is 1.72 bits per heavy atom. The van der Waals surface area contributed by atoms with Crippen molar-refractivity contribution in [1.82, 2.24) is 20.2 Å². The predicted molar refractivity (Wildman–Crippen MR) is 227 cm³/mol. The van der Waals surface area contributed by atoms with Crippen molar-refractivity contribution in [3.05, 3.63) is 101 Å². The topological polar surface area (TPSA) is 158 Å². The molecular formula is C45H51FN5O7PS. The van der Waals surface area contributed by atoms with Crippen LogP contribution in [0.1, 0.15) is 91.4 Å². The van der Waals surface area contributed by atoms with E-state index in [9.17, 15) is 29.0 Å². The number of carbonyl (C=O) groups is 4. The van der Waals surface area contributed by atoms with Crippen LogP contribution in [0.3, 0.4) is 0 Å². The SMILES string of the molecule is CCCOC(=O)[C@H](C)NP(=O)(Oc1ccccc1)[C@H](F)c1ccc2sc(C(=O)NCC3CCCC[C@H]4CC[C@@H](C(=O)N5C[C@@H](C#N)[C@H](c6ccccc6)C5)N4C3=O)cc2c1. The molecule has 4 heterocycles. The van der Waals surface area contributed by atoms with Crippen LogP contribution in [0.4, 0.5) is 4.39 Å². The second-order valence-electron chi connectivity index (χ2n) is 15.9. The Hall–Kier alpha value is -5.09. The Labute approximate surface area is 353 Å². The van der Waals surface area contributed by atoms with Crippen LogP contribution in [0.15, 0.2) is 84.9 Å². The molecule has 2 unspecified atom stereocenters. The van der Waals surface area contributed by atoms with E-state index in [1.54, 1.807) is 52.3 Å². The molecule has 3 aliphatic heterocycles. The minimum atomic E-state index is -4.44. The molecule has 3 amide bonds. The van der Waals surface area contributed by atoms with E-state index >= 15 is 4.39 Å². The molecule has 12 nitrogen and oxygen atoms in total. The highest BCUT2D eigenvalue weighted by Crippen LogP contribution is 2.58. The lowest BCUT2D eigenvalue weighted by molar-refractivity contribution is -0.148. The van der Waals surface area contributed by atoms with Gasteiger partial charge in [-0.3, -0.25) is 23.7 Å². The molecule has 3 fully saturated rings. The lowest BCUT2D eigenvalue weighted by atomic mass is 9.90. The lowest BCUT2D eigenvalue weighted by Crippen LogP contribution is -2.53. The number of rotatable bonds is 14. The average Bonchev–Trinajstić information content (AvgIpc) is 4.01. The summed E-state index contributed by atoms with van der Waals surface area (Å²) in [7, 11) is -4.44. The van der Waals surface area contributed by atoms with Gasteiger partial charge in [0.15, 0.2) is 0 Å². The monoisotopic (exact) mass is 855 g/mol. The van der Waals surface area contributed by atoms with Crippen LogP contribution in [0.5, 0.6) is 5.75 Å². The van der Waals surface area contributed by atoms with E-state index < -0.39 is 37.4 Å². The van der Waals surface area contributed by atoms with Crippen molar-refractivity contribution in [1.29, 1.82) is 5.26 Å². The summed E-state index contributed by atoms with van der Waals surface area (Å²) in [5, 5.41) is 16.1. The highest BCUT2D eigenvalue weighted by molar-refractivity contribution is 7.57. The van der Waals surface area contributed by atoms with Crippen LogP contribution in [-0.2, 0) is 23.7 Å². The van der Waals surface area contributed by atoms with Crippen LogP contribution in [0, 0.1) is 23.2 Å². The zero-order chi connectivity index (χ0) is 42.4. The Morgan fingerprint density at radius 3 is 2.45 bits per heavy atom. The first kappa shape index (κ1) is 43.0. The van der Waals surface area contributed by atoms with E-state index in [1.807, 2.05) is 37.3 Å². The molecule has 0 bridgehead atoms. The predicted octanol–water partition coefficient (Wildman–Crippen LogP) is 8.12. The number of nitriles is 1. The number of fused-ring (bicyclic) bond motifs is 2. The first-order valence-corrected chi connectivity index (χ1v) is 23.3. The van der Waals surface area contributed by atoms with Gasteiger partial charge in [-0.15, -0.1) is 11.3 Å². The fourth-order valence-corrected chi connectivity index (χ4v) is 11.5. The quantitative estimate of drug-likeness (QED) is 0.0944. The van der Waals surface area contributed by atoms with Gasteiger partial charge in [-0.25, -0.2) is 9.48 Å². The third kappa shape index (κ3) is 9.44. The largest absolute Gasteiger partial charge is 0.465 e. The number of halogens is 1. The number of alkyl halides is 1. The number of nitrogens with zero attached hydrogens (tertiary/aromatic N) is 3. The van der Waals surface area contributed by atoms with Crippen LogP contribution < -0.4 is 14.9 Å². The van der Waals surface area contributed by atoms with Crippen molar-refractivity contribution in [2.24, 2.45) is 11.8 Å². The standard InChI is InChI=1S/C45H51FN5O7PS/c1-3-22-57-45(55)29(2)49-59(56,58-36-16-8-5-9-17-36)41(46)31-18-21-39-33(23-31)24-40(60-39)42(52)48-26-32-14-10-11-15-35-19-20-38(51(35)43(32)53)44(54)50-27-34(25-47)37(28-50)30-12-6-4-7-13-30/h4-9,12-13,16-18,21,23-24,29,32,34-35,37-38,41H,3,10-11,14-15,19-20,22,26-28H2,1-2H3,(H,48,52)(H,49,56)/t29-,32?,34+,35-,37-,38-,41-,59?/m0/s1. The first-order chi connectivity index (χ1) is 29.0. The smallest absolute Gasteiger partial charge is 0.355 e. The van der Waals surface area contributed by atoms with Crippen molar-refractivity contribution in [2.45, 2.75) is 88.7 Å². The highest BCUT2D eigenvalue weighted by Gasteiger charge is 2.47. The van der Waals surface area contributed by atoms with Crippen LogP contribution in [0.2, 0.25) is 0 Å². The van der Waals surface area contributed by atoms with E-state index in [1.165, 1.54) is 30.4 Å². The molecule has 1 aromatic heterocycles. The maximum atomic E-state index is 16.5. The van der Waals surface area contributed by atoms with Gasteiger partial charge in [0.25, 0.3) is 5.91 Å². The molecule has 0 spiro atoms. The van der Waals surface area contributed by atoms with Gasteiger partial charge < -0.3 is 24.4 Å². The second-order valence-corrected chi connectivity index (χ2v) is 19.1. The number of likely N-dealkylation sites (tertiary alicyclic amines) is 1. The molecule has 7 rings (SSSR count). The van der Waals surface area contributed by atoms with Crippen molar-refractivity contribution in [3.8, 4) is 11.8 Å². The Morgan fingerprint density at radius 1 is 0.983 bits per heavy atom. The van der Waals surface area contributed by atoms with E-state index in [2.05, 4.69) is 16.5 Å². The van der Waals surface area contributed by atoms with Gasteiger partial charge in [-0.2, -0.15) is 5.26 Å². The number of ether oxygens (including phenoxy) is 1. The molecule has 0 saturated carbocycles. The maximum Gasteiger partial charge on any atom is 0.355 e. The Kier molecular flexibility index (Phi) is 13.7. The first-order valence-electron chi connectivity index (χ1n) is 20.8. The van der Waals surface area contributed by atoms with E-state index in [4.69, 9.17) is 9.26 Å². The number of thiophene rings is 1. The van der Waals surface area contributed by atoms with Gasteiger partial charge in [0.1, 0.15) is 17.8 Å². The third-order valence-corrected chi connectivity index (χ3v) is 15.0. The van der Waals surface area contributed by atoms with Crippen LogP contribution in [-0.4, -0.2) is 77.9 Å². The summed E-state index contributed by atoms with van der Waals surface area (Å²) in [5.41, 5.74) is 1.06. The van der Waals surface area contributed by atoms with E-state index in [-0.39, 0.29) is 60.1 Å². The molecule has 60 heavy (non-hydrogen) atoms. The maximum absolute atomic E-state index is 16.5. The second kappa shape index (κ2) is 19.1. The Balaban J connectivity index is 1.03. The Bertz CT molecular complexity index is 2270. The molecule has 0 radical (unpaired) electrons. The van der Waals surface area contributed by atoms with Gasteiger partial charge in [0.05, 0.1) is 29.4 Å². The van der Waals surface area contributed by atoms with Gasteiger partial charge in [-0.05, 0) is 85.9 Å². The zero-order valence-corrected chi connectivity index (χ0v) is 35.5. The number of carbonyl (C=O) groups excluding carboxylic acids is 4. The summed E-state index contributed by atoms with van der Waals surface area (Å²) in [6.45, 7) is 4.29. The summed E-state index contributed by atoms with van der Waals surface area (Å²) in [4.78, 5) is 58.5. The molecule has 316 valence electrons. The van der Waals surface area contributed by atoms with Gasteiger partial charge in [0, 0.05) is 36.3 Å². The van der Waals surface area contributed by atoms with Gasteiger partial charge >= 0.3 is 13.5 Å². The van der Waals surface area contributed by atoms with E-state index in [0.29, 0.717) is 47.3 Å². The molecule has 4 aromatic rings. The minimum Gasteiger partial charge on any atom is -0.465 e. The van der Waals surface area contributed by atoms with E-state index in [0.717, 1.165) is 31.2 Å². The normalized spacial score (nSPS) is 23.7. The highest BCUT2D eigenvalue weighted by atomic mass is 32.1. The summed E-state index contributed by atoms with van der Waals surface area (Å²) >= 11 is 1.21. The molecule has 2 N–H and O–H groups in total. The molecule has 15 heteroatoms. The van der Waals surface area contributed by atoms with Crippen LogP contribution in [0.25, 0.3) is 10.1 Å². The fourth-order valence-electron chi connectivity index (χ4n) is 8.65. The fraction of sp³-hybridized carbons (Fsp3) is 0.444. The summed E-state index contributed by atoms with van der Waals surface area (Å²) < 4.78 is 42.4. The van der Waals surface area contributed by atoms with Crippen molar-refractivity contribution < 1.29 is 37.4 Å². The molecule has 3 saturated heterocycles. The number of para-hydroxylation sites is 1. The van der Waals surface area contributed by atoms with Crippen molar-refractivity contribution in [2.75, 3.05) is 26.2 Å². The van der Waals surface area contributed by atoms with Crippen molar-refractivity contribution in [3.63, 3.8) is 0 Å². The molecular weight excluding hydrogens is 805 g/mol. The summed E-state index contributed by atoms with van der Waals surface area (Å²) in [6.07, 6.45) is 5.01.